The summed E-state index contributed by atoms with van der Waals surface area (Å²) in [5, 5.41) is 7.06. The van der Waals surface area contributed by atoms with Gasteiger partial charge >= 0.3 is 0 Å². The molecule has 3 aromatic rings. The number of methoxy groups -OCH3 is 1. The van der Waals surface area contributed by atoms with Gasteiger partial charge in [-0.2, -0.15) is 0 Å². The third kappa shape index (κ3) is 8.52. The van der Waals surface area contributed by atoms with E-state index in [2.05, 4.69) is 77.3 Å². The Hall–Kier alpha value is -4.11. The average Bonchev–Trinajstić information content (AvgIpc) is 3.87. The molecule has 4 unspecified atom stereocenters. The van der Waals surface area contributed by atoms with Crippen LogP contribution in [0.3, 0.4) is 0 Å². The van der Waals surface area contributed by atoms with E-state index >= 15 is 8.78 Å². The van der Waals surface area contributed by atoms with Crippen molar-refractivity contribution in [2.45, 2.75) is 129 Å². The monoisotopic (exact) mass is 753 g/mol. The van der Waals surface area contributed by atoms with Gasteiger partial charge in [-0.3, -0.25) is 4.79 Å². The van der Waals surface area contributed by atoms with Crippen LogP contribution >= 0.6 is 0 Å². The molecule has 1 saturated carbocycles. The average molecular weight is 754 g/mol. The molecule has 1 aliphatic carbocycles. The van der Waals surface area contributed by atoms with E-state index in [9.17, 15) is 4.79 Å². The van der Waals surface area contributed by atoms with E-state index in [0.29, 0.717) is 37.2 Å². The van der Waals surface area contributed by atoms with Crippen molar-refractivity contribution in [1.29, 1.82) is 0 Å². The van der Waals surface area contributed by atoms with Crippen LogP contribution in [-0.2, 0) is 16.0 Å². The predicted molar refractivity (Wildman–Crippen MR) is 221 cm³/mol. The summed E-state index contributed by atoms with van der Waals surface area (Å²) in [5.41, 5.74) is 8.28. The van der Waals surface area contributed by atoms with Crippen LogP contribution in [0, 0.1) is 31.4 Å². The van der Waals surface area contributed by atoms with Crippen molar-refractivity contribution < 1.29 is 18.3 Å². The molecular formula is C46H61F2N5O2. The van der Waals surface area contributed by atoms with Crippen LogP contribution in [-0.4, -0.2) is 61.8 Å². The highest BCUT2D eigenvalue weighted by Gasteiger charge is 2.45. The summed E-state index contributed by atoms with van der Waals surface area (Å²) in [7, 11) is 1.67. The number of rotatable bonds is 13. The van der Waals surface area contributed by atoms with E-state index in [-0.39, 0.29) is 35.8 Å². The zero-order chi connectivity index (χ0) is 38.8. The molecule has 1 amide bonds. The van der Waals surface area contributed by atoms with Crippen molar-refractivity contribution in [2.75, 3.05) is 47.2 Å². The first-order valence-corrected chi connectivity index (χ1v) is 20.7. The molecule has 0 aromatic heterocycles. The number of benzene rings is 3. The molecule has 4 fully saturated rings. The Bertz CT molecular complexity index is 1840. The summed E-state index contributed by atoms with van der Waals surface area (Å²) < 4.78 is 37.4. The smallest absolute Gasteiger partial charge is 0.225 e. The van der Waals surface area contributed by atoms with E-state index in [1.807, 2.05) is 18.7 Å². The minimum Gasteiger partial charge on any atom is -0.383 e. The second kappa shape index (κ2) is 16.9. The Balaban J connectivity index is 1.11. The number of carbonyl (C=O) groups is 1. The number of amides is 1. The summed E-state index contributed by atoms with van der Waals surface area (Å²) in [5.74, 6) is -0.168. The maximum absolute atomic E-state index is 16.0. The van der Waals surface area contributed by atoms with E-state index in [4.69, 9.17) is 4.74 Å². The zero-order valence-corrected chi connectivity index (χ0v) is 33.6. The Labute approximate surface area is 327 Å². The number of carbonyl (C=O) groups excluding carboxylic acids is 1. The Morgan fingerprint density at radius 3 is 2.33 bits per heavy atom. The van der Waals surface area contributed by atoms with Crippen molar-refractivity contribution >= 4 is 28.7 Å². The minimum absolute atomic E-state index is 0.0207. The normalized spacial score (nSPS) is 24.3. The molecule has 296 valence electrons. The number of likely N-dealkylation sites (tertiary alicyclic amines) is 1. The van der Waals surface area contributed by atoms with Gasteiger partial charge in [0.2, 0.25) is 5.91 Å². The number of allylic oxidation sites excluding steroid dienone is 1. The summed E-state index contributed by atoms with van der Waals surface area (Å²) >= 11 is 0. The quantitative estimate of drug-likeness (QED) is 0.181. The van der Waals surface area contributed by atoms with Crippen molar-refractivity contribution in [3.8, 4) is 0 Å². The van der Waals surface area contributed by atoms with Gasteiger partial charge in [-0.05, 0) is 138 Å². The predicted octanol–water partition coefficient (Wildman–Crippen LogP) is 10.1. The molecule has 2 N–H and O–H groups in total. The number of nitrogens with one attached hydrogen (secondary N) is 2. The molecule has 0 bridgehead atoms. The van der Waals surface area contributed by atoms with Crippen LogP contribution in [0.4, 0.5) is 31.5 Å². The van der Waals surface area contributed by atoms with Crippen LogP contribution in [0.5, 0.6) is 0 Å². The number of ether oxygens (including phenoxy) is 1. The fourth-order valence-corrected chi connectivity index (χ4v) is 10.1. The number of anilines is 4. The highest BCUT2D eigenvalue weighted by molar-refractivity contribution is 5.78. The van der Waals surface area contributed by atoms with E-state index in [1.54, 1.807) is 19.2 Å². The molecule has 7 nitrogen and oxygen atoms in total. The third-order valence-electron chi connectivity index (χ3n) is 12.8. The Morgan fingerprint density at radius 2 is 1.64 bits per heavy atom. The molecule has 3 aromatic carbocycles. The van der Waals surface area contributed by atoms with Crippen LogP contribution in [0.2, 0.25) is 0 Å². The Morgan fingerprint density at radius 1 is 0.909 bits per heavy atom. The van der Waals surface area contributed by atoms with Gasteiger partial charge in [0.25, 0.3) is 0 Å². The molecule has 4 aliphatic rings. The van der Waals surface area contributed by atoms with Gasteiger partial charge in [-0.25, -0.2) is 8.78 Å². The molecule has 3 heterocycles. The third-order valence-corrected chi connectivity index (χ3v) is 12.8. The molecule has 9 heteroatoms. The second-order valence-corrected chi connectivity index (χ2v) is 16.9. The summed E-state index contributed by atoms with van der Waals surface area (Å²) in [6.07, 6.45) is 10.4. The first-order chi connectivity index (χ1) is 26.5. The number of hydrogen-bond acceptors (Lipinski definition) is 6. The van der Waals surface area contributed by atoms with Gasteiger partial charge in [-0.1, -0.05) is 37.3 Å². The first kappa shape index (κ1) is 39.1. The van der Waals surface area contributed by atoms with E-state index in [1.165, 1.54) is 18.4 Å². The fourth-order valence-electron chi connectivity index (χ4n) is 10.1. The van der Waals surface area contributed by atoms with Crippen LogP contribution in [0.1, 0.15) is 106 Å². The number of fused-ring (bicyclic) bond motifs is 1. The van der Waals surface area contributed by atoms with Crippen molar-refractivity contribution in [1.82, 2.24) is 4.90 Å². The van der Waals surface area contributed by atoms with Gasteiger partial charge in [0.1, 0.15) is 5.69 Å². The number of piperidine rings is 1. The van der Waals surface area contributed by atoms with E-state index in [0.717, 1.165) is 91.7 Å². The maximum atomic E-state index is 16.0. The summed E-state index contributed by atoms with van der Waals surface area (Å²) in [4.78, 5) is 19.8. The fraction of sp³-hybridized carbons (Fsp3) is 0.543. The zero-order valence-electron chi connectivity index (χ0n) is 33.6. The molecule has 6 atom stereocenters. The molecule has 55 heavy (non-hydrogen) atoms. The van der Waals surface area contributed by atoms with Crippen molar-refractivity contribution in [3.05, 3.63) is 94.7 Å². The first-order valence-electron chi connectivity index (χ1n) is 20.7. The number of halogens is 2. The van der Waals surface area contributed by atoms with Gasteiger partial charge in [0.05, 0.1) is 18.6 Å². The van der Waals surface area contributed by atoms with Gasteiger partial charge < -0.3 is 30.1 Å². The number of aryl methyl sites for hydroxylation is 2. The van der Waals surface area contributed by atoms with E-state index < -0.39 is 11.6 Å². The lowest BCUT2D eigenvalue weighted by Crippen LogP contribution is -2.45. The molecule has 0 radical (unpaired) electrons. The summed E-state index contributed by atoms with van der Waals surface area (Å²) in [6.45, 7) is 14.2. The lowest BCUT2D eigenvalue weighted by Gasteiger charge is -2.35. The molecule has 0 spiro atoms. The van der Waals surface area contributed by atoms with Crippen LogP contribution in [0.25, 0.3) is 0 Å². The molecule has 3 aliphatic heterocycles. The van der Waals surface area contributed by atoms with Crippen molar-refractivity contribution in [3.63, 3.8) is 0 Å². The number of nitrogens with zero attached hydrogens (tertiary/aromatic N) is 3. The lowest BCUT2D eigenvalue weighted by atomic mass is 10.00. The Kier molecular flexibility index (Phi) is 12.1. The standard InChI is InChI=1S/C46H61F2N5O2/c1-29(2)50-42-17-14-35(22-31(42)4)44-18-15-36(52(44)37-26-39(47)46(40(48)27-37)51-19-8-7-9-20-51)24-33-13-16-41(30(3)21-33)49-28-38-25-34-11-10-12-43(34)53(38)45(54)23-32(5)55-6/h13-14,16-17,21-22,26-27,32,34,36,38,43-44,49-50H,1,7-12,15,18-20,23-25,28H2,2-6H3/t32-,34?,36-,38?,43?,44?/m1/s1. The van der Waals surface area contributed by atoms with Crippen LogP contribution < -0.4 is 20.4 Å². The molecular weight excluding hydrogens is 693 g/mol. The van der Waals surface area contributed by atoms with Crippen LogP contribution in [0.15, 0.2) is 60.8 Å². The van der Waals surface area contributed by atoms with Gasteiger partial charge in [0.15, 0.2) is 11.6 Å². The highest BCUT2D eigenvalue weighted by Crippen LogP contribution is 2.45. The molecule has 7 rings (SSSR count). The largest absolute Gasteiger partial charge is 0.383 e. The maximum Gasteiger partial charge on any atom is 0.225 e. The molecule has 3 saturated heterocycles. The lowest BCUT2D eigenvalue weighted by molar-refractivity contribution is -0.136. The summed E-state index contributed by atoms with van der Waals surface area (Å²) in [6, 6.07) is 16.7. The topological polar surface area (TPSA) is 60.1 Å². The minimum atomic E-state index is -0.482. The SMILES string of the molecule is C=C(C)Nc1ccc(C2CC[C@H](Cc3ccc(NCC4CC5CCCC5N4C(=O)C[C@@H](C)OC)c(C)c3)N2c2cc(F)c(N3CCCCC3)c(F)c2)cc1C. The highest BCUT2D eigenvalue weighted by atomic mass is 19.1. The van der Waals surface area contributed by atoms with Gasteiger partial charge in [-0.15, -0.1) is 0 Å². The second-order valence-electron chi connectivity index (χ2n) is 16.9. The van der Waals surface area contributed by atoms with Gasteiger partial charge in [0, 0.05) is 67.6 Å². The number of hydrogen-bond donors (Lipinski definition) is 2. The van der Waals surface area contributed by atoms with Crippen molar-refractivity contribution in [2.24, 2.45) is 5.92 Å².